The molecular formula is C15H23NO. The van der Waals surface area contributed by atoms with Gasteiger partial charge in [-0.2, -0.15) is 0 Å². The van der Waals surface area contributed by atoms with Crippen LogP contribution in [0.4, 0.5) is 0 Å². The van der Waals surface area contributed by atoms with Crippen molar-refractivity contribution in [3.05, 3.63) is 35.4 Å². The standard InChI is InChI=1S/C15H23NO/c1-12(2)17-11-15(7-4-8-15)14-6-3-5-13(9-14)10-16/h3,5-6,9,12H,4,7-8,10-11,16H2,1-2H3. The van der Waals surface area contributed by atoms with Gasteiger partial charge >= 0.3 is 0 Å². The third-order valence-corrected chi connectivity index (χ3v) is 3.78. The van der Waals surface area contributed by atoms with Crippen LogP contribution in [0.15, 0.2) is 24.3 Å². The average Bonchev–Trinajstić information content (AvgIpc) is 2.27. The number of hydrogen-bond acceptors (Lipinski definition) is 2. The molecule has 2 heteroatoms. The molecule has 0 aromatic heterocycles. The Balaban J connectivity index is 2.15. The molecule has 1 aromatic carbocycles. The van der Waals surface area contributed by atoms with E-state index in [2.05, 4.69) is 38.1 Å². The lowest BCUT2D eigenvalue weighted by atomic mass is 9.65. The SMILES string of the molecule is CC(C)OCC1(c2cccc(CN)c2)CCC1. The lowest BCUT2D eigenvalue weighted by Gasteiger charge is -2.42. The minimum atomic E-state index is 0.259. The van der Waals surface area contributed by atoms with Crippen LogP contribution in [0.2, 0.25) is 0 Å². The summed E-state index contributed by atoms with van der Waals surface area (Å²) in [6.45, 7) is 5.67. The fourth-order valence-electron chi connectivity index (χ4n) is 2.47. The topological polar surface area (TPSA) is 35.2 Å². The van der Waals surface area contributed by atoms with Crippen molar-refractivity contribution in [2.75, 3.05) is 6.61 Å². The summed E-state index contributed by atoms with van der Waals surface area (Å²) in [6, 6.07) is 8.69. The monoisotopic (exact) mass is 233 g/mol. The molecule has 0 bridgehead atoms. The first kappa shape index (κ1) is 12.6. The van der Waals surface area contributed by atoms with Crippen LogP contribution in [0.1, 0.15) is 44.2 Å². The summed E-state index contributed by atoms with van der Waals surface area (Å²) in [5.41, 5.74) is 8.60. The van der Waals surface area contributed by atoms with Gasteiger partial charge in [-0.1, -0.05) is 30.7 Å². The molecule has 0 heterocycles. The molecule has 0 spiro atoms. The summed E-state index contributed by atoms with van der Waals surface area (Å²) in [7, 11) is 0. The predicted octanol–water partition coefficient (Wildman–Crippen LogP) is 2.99. The van der Waals surface area contributed by atoms with Gasteiger partial charge in [0.25, 0.3) is 0 Å². The van der Waals surface area contributed by atoms with Crippen molar-refractivity contribution >= 4 is 0 Å². The van der Waals surface area contributed by atoms with Crippen molar-refractivity contribution in [2.24, 2.45) is 5.73 Å². The lowest BCUT2D eigenvalue weighted by molar-refractivity contribution is 0.00985. The van der Waals surface area contributed by atoms with Crippen LogP contribution in [0.3, 0.4) is 0 Å². The Morgan fingerprint density at radius 3 is 2.65 bits per heavy atom. The first-order valence-electron chi connectivity index (χ1n) is 6.57. The second-order valence-electron chi connectivity index (χ2n) is 5.40. The second kappa shape index (κ2) is 5.19. The third-order valence-electron chi connectivity index (χ3n) is 3.78. The highest BCUT2D eigenvalue weighted by atomic mass is 16.5. The Labute approximate surface area is 104 Å². The van der Waals surface area contributed by atoms with E-state index in [0.717, 1.165) is 6.61 Å². The summed E-state index contributed by atoms with van der Waals surface area (Å²) < 4.78 is 5.85. The Kier molecular flexibility index (Phi) is 3.85. The zero-order chi connectivity index (χ0) is 12.3. The zero-order valence-corrected chi connectivity index (χ0v) is 10.9. The van der Waals surface area contributed by atoms with E-state index in [4.69, 9.17) is 10.5 Å². The third kappa shape index (κ3) is 2.70. The van der Waals surface area contributed by atoms with Gasteiger partial charge in [0, 0.05) is 12.0 Å². The van der Waals surface area contributed by atoms with Crippen molar-refractivity contribution < 1.29 is 4.74 Å². The number of rotatable bonds is 5. The van der Waals surface area contributed by atoms with Gasteiger partial charge in [-0.15, -0.1) is 0 Å². The smallest absolute Gasteiger partial charge is 0.0566 e. The molecule has 0 saturated heterocycles. The molecule has 0 aliphatic heterocycles. The summed E-state index contributed by atoms with van der Waals surface area (Å²) in [5, 5.41) is 0. The fourth-order valence-corrected chi connectivity index (χ4v) is 2.47. The summed E-state index contributed by atoms with van der Waals surface area (Å²) in [4.78, 5) is 0. The van der Waals surface area contributed by atoms with Crippen LogP contribution in [-0.4, -0.2) is 12.7 Å². The molecule has 1 aliphatic carbocycles. The van der Waals surface area contributed by atoms with E-state index < -0.39 is 0 Å². The van der Waals surface area contributed by atoms with E-state index in [9.17, 15) is 0 Å². The zero-order valence-electron chi connectivity index (χ0n) is 10.9. The van der Waals surface area contributed by atoms with Crippen LogP contribution >= 0.6 is 0 Å². The largest absolute Gasteiger partial charge is 0.378 e. The molecule has 1 saturated carbocycles. The molecule has 0 radical (unpaired) electrons. The van der Waals surface area contributed by atoms with Crippen LogP contribution in [0, 0.1) is 0 Å². The minimum absolute atomic E-state index is 0.259. The maximum absolute atomic E-state index is 5.85. The Morgan fingerprint density at radius 2 is 2.12 bits per heavy atom. The molecule has 2 rings (SSSR count). The number of hydrogen-bond donors (Lipinski definition) is 1. The molecule has 17 heavy (non-hydrogen) atoms. The Hall–Kier alpha value is -0.860. The normalized spacial score (nSPS) is 18.1. The van der Waals surface area contributed by atoms with E-state index in [0.29, 0.717) is 12.6 Å². The molecule has 0 amide bonds. The van der Waals surface area contributed by atoms with Crippen LogP contribution < -0.4 is 5.73 Å². The van der Waals surface area contributed by atoms with Gasteiger partial charge in [0.05, 0.1) is 12.7 Å². The number of nitrogens with two attached hydrogens (primary N) is 1. The van der Waals surface area contributed by atoms with Gasteiger partial charge in [-0.25, -0.2) is 0 Å². The van der Waals surface area contributed by atoms with Crippen LogP contribution in [0.25, 0.3) is 0 Å². The van der Waals surface area contributed by atoms with Crippen molar-refractivity contribution in [2.45, 2.75) is 51.2 Å². The molecule has 1 aliphatic rings. The predicted molar refractivity (Wildman–Crippen MR) is 71.0 cm³/mol. The van der Waals surface area contributed by atoms with E-state index in [1.165, 1.54) is 30.4 Å². The minimum Gasteiger partial charge on any atom is -0.378 e. The lowest BCUT2D eigenvalue weighted by Crippen LogP contribution is -2.39. The first-order chi connectivity index (χ1) is 8.16. The van der Waals surface area contributed by atoms with Gasteiger partial charge < -0.3 is 10.5 Å². The maximum Gasteiger partial charge on any atom is 0.0566 e. The molecule has 2 N–H and O–H groups in total. The highest BCUT2D eigenvalue weighted by molar-refractivity contribution is 5.32. The molecule has 2 nitrogen and oxygen atoms in total. The average molecular weight is 233 g/mol. The number of benzene rings is 1. The molecular weight excluding hydrogens is 210 g/mol. The molecule has 94 valence electrons. The van der Waals surface area contributed by atoms with Gasteiger partial charge in [0.1, 0.15) is 0 Å². The van der Waals surface area contributed by atoms with Gasteiger partial charge in [-0.05, 0) is 37.8 Å². The van der Waals surface area contributed by atoms with E-state index >= 15 is 0 Å². The van der Waals surface area contributed by atoms with Crippen molar-refractivity contribution in [3.8, 4) is 0 Å². The summed E-state index contributed by atoms with van der Waals surface area (Å²) in [5.74, 6) is 0. The van der Waals surface area contributed by atoms with Gasteiger partial charge in [-0.3, -0.25) is 0 Å². The van der Waals surface area contributed by atoms with E-state index in [1.54, 1.807) is 0 Å². The van der Waals surface area contributed by atoms with Gasteiger partial charge in [0.2, 0.25) is 0 Å². The Bertz CT molecular complexity index is 369. The fraction of sp³-hybridized carbons (Fsp3) is 0.600. The van der Waals surface area contributed by atoms with Crippen LogP contribution in [-0.2, 0) is 16.7 Å². The summed E-state index contributed by atoms with van der Waals surface area (Å²) >= 11 is 0. The van der Waals surface area contributed by atoms with Gasteiger partial charge in [0.15, 0.2) is 0 Å². The van der Waals surface area contributed by atoms with E-state index in [-0.39, 0.29) is 5.41 Å². The van der Waals surface area contributed by atoms with Crippen molar-refractivity contribution in [1.29, 1.82) is 0 Å². The highest BCUT2D eigenvalue weighted by Gasteiger charge is 2.39. The van der Waals surface area contributed by atoms with Crippen LogP contribution in [0.5, 0.6) is 0 Å². The second-order valence-corrected chi connectivity index (χ2v) is 5.40. The molecule has 1 aromatic rings. The number of ether oxygens (including phenoxy) is 1. The van der Waals surface area contributed by atoms with Crippen molar-refractivity contribution in [1.82, 2.24) is 0 Å². The molecule has 1 fully saturated rings. The van der Waals surface area contributed by atoms with E-state index in [1.807, 2.05) is 0 Å². The molecule has 0 unspecified atom stereocenters. The molecule has 0 atom stereocenters. The summed E-state index contributed by atoms with van der Waals surface area (Å²) in [6.07, 6.45) is 4.11. The Morgan fingerprint density at radius 1 is 1.35 bits per heavy atom. The maximum atomic E-state index is 5.85. The van der Waals surface area contributed by atoms with Crippen molar-refractivity contribution in [3.63, 3.8) is 0 Å². The highest BCUT2D eigenvalue weighted by Crippen LogP contribution is 2.44. The first-order valence-corrected chi connectivity index (χ1v) is 6.57. The quantitative estimate of drug-likeness (QED) is 0.848.